The second-order valence-electron chi connectivity index (χ2n) is 3.84. The molecule has 0 unspecified atom stereocenters. The highest BCUT2D eigenvalue weighted by Crippen LogP contribution is 2.30. The van der Waals surface area contributed by atoms with Crippen molar-refractivity contribution in [1.29, 1.82) is 0 Å². The van der Waals surface area contributed by atoms with Gasteiger partial charge in [-0.25, -0.2) is 0 Å². The molecule has 0 aliphatic heterocycles. The number of rotatable bonds is 4. The average Bonchev–Trinajstić information content (AvgIpc) is 2.21. The normalized spacial score (nSPS) is 21.1. The van der Waals surface area contributed by atoms with E-state index in [1.807, 2.05) is 0 Å². The molecule has 0 radical (unpaired) electrons. The summed E-state index contributed by atoms with van der Waals surface area (Å²) in [7, 11) is 0. The second-order valence-corrected chi connectivity index (χ2v) is 4.74. The van der Waals surface area contributed by atoms with Crippen LogP contribution in [0.4, 0.5) is 0 Å². The lowest BCUT2D eigenvalue weighted by Gasteiger charge is -2.16. The molecule has 0 saturated heterocycles. The second kappa shape index (κ2) is 6.28. The van der Waals surface area contributed by atoms with Crippen LogP contribution in [0.3, 0.4) is 0 Å². The highest BCUT2D eigenvalue weighted by Gasteiger charge is 2.18. The maximum atomic E-state index is 11.7. The fourth-order valence-electron chi connectivity index (χ4n) is 1.89. The van der Waals surface area contributed by atoms with E-state index >= 15 is 0 Å². The SMILES string of the molecule is CCCC/C(SC)=C1/CCCCC1=O. The van der Waals surface area contributed by atoms with Crippen molar-refractivity contribution in [3.63, 3.8) is 0 Å². The zero-order valence-electron chi connectivity index (χ0n) is 9.27. The highest BCUT2D eigenvalue weighted by atomic mass is 32.2. The minimum atomic E-state index is 0.414. The van der Waals surface area contributed by atoms with Crippen molar-refractivity contribution in [3.8, 4) is 0 Å². The Balaban J connectivity index is 2.68. The lowest BCUT2D eigenvalue weighted by atomic mass is 9.92. The van der Waals surface area contributed by atoms with Gasteiger partial charge in [0.25, 0.3) is 0 Å². The minimum absolute atomic E-state index is 0.414. The molecule has 2 heteroatoms. The van der Waals surface area contributed by atoms with Gasteiger partial charge in [-0.15, -0.1) is 11.8 Å². The summed E-state index contributed by atoms with van der Waals surface area (Å²) >= 11 is 1.78. The molecule has 0 aromatic rings. The molecule has 1 aliphatic carbocycles. The Hall–Kier alpha value is -0.240. The van der Waals surface area contributed by atoms with Gasteiger partial charge in [0.15, 0.2) is 5.78 Å². The molecule has 1 aliphatic rings. The van der Waals surface area contributed by atoms with Crippen LogP contribution in [0.25, 0.3) is 0 Å². The van der Waals surface area contributed by atoms with E-state index in [1.165, 1.54) is 24.2 Å². The Morgan fingerprint density at radius 1 is 1.36 bits per heavy atom. The summed E-state index contributed by atoms with van der Waals surface area (Å²) in [5, 5.41) is 0. The summed E-state index contributed by atoms with van der Waals surface area (Å²) in [6, 6.07) is 0. The molecule has 0 aromatic heterocycles. The molecular weight excluding hydrogens is 192 g/mol. The van der Waals surface area contributed by atoms with E-state index < -0.39 is 0 Å². The minimum Gasteiger partial charge on any atom is -0.295 e. The number of carbonyl (C=O) groups is 1. The maximum Gasteiger partial charge on any atom is 0.159 e. The van der Waals surface area contributed by atoms with Gasteiger partial charge in [-0.1, -0.05) is 13.3 Å². The van der Waals surface area contributed by atoms with Crippen LogP contribution in [0.1, 0.15) is 51.9 Å². The molecular formula is C12H20OS. The number of thioether (sulfide) groups is 1. The van der Waals surface area contributed by atoms with E-state index in [0.29, 0.717) is 5.78 Å². The van der Waals surface area contributed by atoms with Crippen LogP contribution in [-0.4, -0.2) is 12.0 Å². The molecule has 1 nitrogen and oxygen atoms in total. The summed E-state index contributed by atoms with van der Waals surface area (Å²) in [4.78, 5) is 13.0. The van der Waals surface area contributed by atoms with E-state index in [2.05, 4.69) is 13.2 Å². The summed E-state index contributed by atoms with van der Waals surface area (Å²) in [5.74, 6) is 0.414. The van der Waals surface area contributed by atoms with Gasteiger partial charge in [-0.2, -0.15) is 0 Å². The van der Waals surface area contributed by atoms with Crippen molar-refractivity contribution in [2.75, 3.05) is 6.26 Å². The van der Waals surface area contributed by atoms with Crippen LogP contribution in [-0.2, 0) is 4.79 Å². The molecule has 0 atom stereocenters. The lowest BCUT2D eigenvalue weighted by Crippen LogP contribution is -2.10. The van der Waals surface area contributed by atoms with Crippen LogP contribution in [0.15, 0.2) is 10.5 Å². The van der Waals surface area contributed by atoms with Gasteiger partial charge in [0, 0.05) is 12.0 Å². The van der Waals surface area contributed by atoms with Crippen molar-refractivity contribution in [2.45, 2.75) is 51.9 Å². The smallest absolute Gasteiger partial charge is 0.159 e. The largest absolute Gasteiger partial charge is 0.295 e. The summed E-state index contributed by atoms with van der Waals surface area (Å²) in [6.45, 7) is 2.20. The summed E-state index contributed by atoms with van der Waals surface area (Å²) < 4.78 is 0. The monoisotopic (exact) mass is 212 g/mol. The number of allylic oxidation sites excluding steroid dienone is 2. The zero-order valence-corrected chi connectivity index (χ0v) is 10.1. The first-order valence-corrected chi connectivity index (χ1v) is 6.81. The Bertz CT molecular complexity index is 230. The van der Waals surface area contributed by atoms with Crippen molar-refractivity contribution >= 4 is 17.5 Å². The van der Waals surface area contributed by atoms with Gasteiger partial charge < -0.3 is 0 Å². The van der Waals surface area contributed by atoms with Crippen molar-refractivity contribution in [3.05, 3.63) is 10.5 Å². The van der Waals surface area contributed by atoms with E-state index in [9.17, 15) is 4.79 Å². The highest BCUT2D eigenvalue weighted by molar-refractivity contribution is 8.02. The number of hydrogen-bond donors (Lipinski definition) is 0. The molecule has 1 fully saturated rings. The van der Waals surface area contributed by atoms with Gasteiger partial charge in [0.05, 0.1) is 0 Å². The molecule has 0 heterocycles. The Morgan fingerprint density at radius 3 is 2.64 bits per heavy atom. The first-order chi connectivity index (χ1) is 6.79. The number of hydrogen-bond acceptors (Lipinski definition) is 2. The zero-order chi connectivity index (χ0) is 10.4. The number of ketones is 1. The number of Topliss-reactive ketones (excluding diaryl/α,β-unsaturated/α-hetero) is 1. The Morgan fingerprint density at radius 2 is 2.07 bits per heavy atom. The fraction of sp³-hybridized carbons (Fsp3) is 0.750. The Kier molecular flexibility index (Phi) is 5.31. The van der Waals surface area contributed by atoms with Crippen molar-refractivity contribution in [1.82, 2.24) is 0 Å². The molecule has 0 aromatic carbocycles. The van der Waals surface area contributed by atoms with Crippen LogP contribution < -0.4 is 0 Å². The lowest BCUT2D eigenvalue weighted by molar-refractivity contribution is -0.116. The van der Waals surface area contributed by atoms with E-state index in [4.69, 9.17) is 0 Å². The molecule has 0 N–H and O–H groups in total. The first kappa shape index (κ1) is 11.8. The van der Waals surface area contributed by atoms with E-state index in [0.717, 1.165) is 31.3 Å². The predicted molar refractivity (Wildman–Crippen MR) is 63.5 cm³/mol. The standard InChI is InChI=1S/C12H20OS/c1-3-4-9-12(14-2)10-7-5-6-8-11(10)13/h3-9H2,1-2H3/b12-10+. The van der Waals surface area contributed by atoms with E-state index in [1.54, 1.807) is 11.8 Å². The van der Waals surface area contributed by atoms with E-state index in [-0.39, 0.29) is 0 Å². The molecule has 0 spiro atoms. The van der Waals surface area contributed by atoms with Crippen LogP contribution in [0.2, 0.25) is 0 Å². The quantitative estimate of drug-likeness (QED) is 0.657. The molecule has 0 amide bonds. The van der Waals surface area contributed by atoms with Gasteiger partial charge >= 0.3 is 0 Å². The third-order valence-corrected chi connectivity index (χ3v) is 3.70. The van der Waals surface area contributed by atoms with Gasteiger partial charge in [0.1, 0.15) is 0 Å². The van der Waals surface area contributed by atoms with Crippen LogP contribution in [0, 0.1) is 0 Å². The molecule has 0 bridgehead atoms. The summed E-state index contributed by atoms with van der Waals surface area (Å²) in [5.41, 5.74) is 1.15. The van der Waals surface area contributed by atoms with Gasteiger partial charge in [-0.3, -0.25) is 4.79 Å². The third-order valence-electron chi connectivity index (χ3n) is 2.76. The maximum absolute atomic E-state index is 11.7. The van der Waals surface area contributed by atoms with Crippen LogP contribution >= 0.6 is 11.8 Å². The molecule has 14 heavy (non-hydrogen) atoms. The third kappa shape index (κ3) is 3.16. The molecule has 1 saturated carbocycles. The van der Waals surface area contributed by atoms with Crippen molar-refractivity contribution < 1.29 is 4.79 Å². The van der Waals surface area contributed by atoms with Gasteiger partial charge in [-0.05, 0) is 43.3 Å². The predicted octanol–water partition coefficient (Wildman–Crippen LogP) is 3.94. The first-order valence-electron chi connectivity index (χ1n) is 5.58. The Labute approximate surface area is 91.3 Å². The average molecular weight is 212 g/mol. The van der Waals surface area contributed by atoms with Crippen LogP contribution in [0.5, 0.6) is 0 Å². The summed E-state index contributed by atoms with van der Waals surface area (Å²) in [6.07, 6.45) is 9.75. The fourth-order valence-corrected chi connectivity index (χ4v) is 2.70. The molecule has 80 valence electrons. The van der Waals surface area contributed by atoms with Gasteiger partial charge in [0.2, 0.25) is 0 Å². The molecule has 1 rings (SSSR count). The van der Waals surface area contributed by atoms with Crippen molar-refractivity contribution in [2.24, 2.45) is 0 Å². The number of carbonyl (C=O) groups excluding carboxylic acids is 1. The number of unbranched alkanes of at least 4 members (excludes halogenated alkanes) is 1. The topological polar surface area (TPSA) is 17.1 Å².